The Kier molecular flexibility index (Phi) is 5.54. The second kappa shape index (κ2) is 7.67. The van der Waals surface area contributed by atoms with Gasteiger partial charge < -0.3 is 5.32 Å². The van der Waals surface area contributed by atoms with E-state index in [1.807, 2.05) is 12.1 Å². The lowest BCUT2D eigenvalue weighted by Gasteiger charge is -2.04. The van der Waals surface area contributed by atoms with Crippen molar-refractivity contribution in [3.63, 3.8) is 0 Å². The molecule has 0 aliphatic carbocycles. The molecule has 0 radical (unpaired) electrons. The Morgan fingerprint density at radius 1 is 0.960 bits per heavy atom. The van der Waals surface area contributed by atoms with Crippen LogP contribution in [0, 0.1) is 0 Å². The van der Waals surface area contributed by atoms with Gasteiger partial charge in [0.15, 0.2) is 5.82 Å². The Hall–Kier alpha value is -1.72. The van der Waals surface area contributed by atoms with Crippen molar-refractivity contribution in [1.82, 2.24) is 9.78 Å². The van der Waals surface area contributed by atoms with E-state index >= 15 is 0 Å². The third-order valence-corrected chi connectivity index (χ3v) is 4.66. The minimum absolute atomic E-state index is 0.270. The summed E-state index contributed by atoms with van der Waals surface area (Å²) >= 11 is 23.8. The van der Waals surface area contributed by atoms with Crippen molar-refractivity contribution in [3.8, 4) is 0 Å². The molecule has 2 aromatic carbocycles. The topological polar surface area (TPSA) is 46.9 Å². The zero-order valence-electron chi connectivity index (χ0n) is 12.6. The van der Waals surface area contributed by atoms with Crippen LogP contribution in [0.4, 0.5) is 5.82 Å². The standard InChI is InChI=1S/C17H11Cl4N3O/c18-12-4-1-10(2-5-12)8-24-9-15(21)16(23-24)22-17(25)11-3-6-13(19)14(20)7-11/h1-7,9H,8H2,(H,22,23,25). The lowest BCUT2D eigenvalue weighted by Crippen LogP contribution is -2.13. The van der Waals surface area contributed by atoms with Crippen molar-refractivity contribution in [1.29, 1.82) is 0 Å². The highest BCUT2D eigenvalue weighted by molar-refractivity contribution is 6.42. The van der Waals surface area contributed by atoms with E-state index in [4.69, 9.17) is 46.4 Å². The Morgan fingerprint density at radius 2 is 1.68 bits per heavy atom. The lowest BCUT2D eigenvalue weighted by molar-refractivity contribution is 0.102. The molecule has 0 aliphatic heterocycles. The summed E-state index contributed by atoms with van der Waals surface area (Å²) in [6, 6.07) is 12.0. The molecule has 1 heterocycles. The number of amides is 1. The van der Waals surface area contributed by atoms with Gasteiger partial charge in [0, 0.05) is 16.8 Å². The molecule has 0 saturated carbocycles. The molecule has 1 amide bonds. The van der Waals surface area contributed by atoms with Gasteiger partial charge in [-0.1, -0.05) is 58.5 Å². The highest BCUT2D eigenvalue weighted by Crippen LogP contribution is 2.24. The number of anilines is 1. The second-order valence-electron chi connectivity index (χ2n) is 5.23. The molecule has 3 aromatic rings. The minimum atomic E-state index is -0.378. The van der Waals surface area contributed by atoms with Gasteiger partial charge in [0.1, 0.15) is 5.02 Å². The number of aromatic nitrogens is 2. The Bertz CT molecular complexity index is 922. The molecule has 3 rings (SSSR count). The first kappa shape index (κ1) is 18.1. The summed E-state index contributed by atoms with van der Waals surface area (Å²) in [6.45, 7) is 0.500. The van der Waals surface area contributed by atoms with Crippen LogP contribution < -0.4 is 5.32 Å². The molecule has 0 atom stereocenters. The highest BCUT2D eigenvalue weighted by Gasteiger charge is 2.13. The van der Waals surface area contributed by atoms with E-state index in [9.17, 15) is 4.79 Å². The number of hydrogen-bond donors (Lipinski definition) is 1. The van der Waals surface area contributed by atoms with E-state index in [0.717, 1.165) is 5.56 Å². The van der Waals surface area contributed by atoms with E-state index in [0.29, 0.717) is 32.2 Å². The summed E-state index contributed by atoms with van der Waals surface area (Å²) in [7, 11) is 0. The minimum Gasteiger partial charge on any atom is -0.304 e. The highest BCUT2D eigenvalue weighted by atomic mass is 35.5. The molecule has 0 bridgehead atoms. The van der Waals surface area contributed by atoms with Crippen molar-refractivity contribution in [2.45, 2.75) is 6.54 Å². The Balaban J connectivity index is 1.74. The van der Waals surface area contributed by atoms with Crippen molar-refractivity contribution in [2.24, 2.45) is 0 Å². The fourth-order valence-corrected chi connectivity index (χ4v) is 2.78. The molecular weight excluding hydrogens is 404 g/mol. The zero-order valence-corrected chi connectivity index (χ0v) is 15.7. The monoisotopic (exact) mass is 413 g/mol. The van der Waals surface area contributed by atoms with Crippen LogP contribution in [0.25, 0.3) is 0 Å². The maximum absolute atomic E-state index is 12.3. The number of rotatable bonds is 4. The summed E-state index contributed by atoms with van der Waals surface area (Å²) < 4.78 is 1.63. The van der Waals surface area contributed by atoms with Crippen LogP contribution in [-0.4, -0.2) is 15.7 Å². The van der Waals surface area contributed by atoms with Gasteiger partial charge in [-0.05, 0) is 35.9 Å². The smallest absolute Gasteiger partial charge is 0.256 e. The third kappa shape index (κ3) is 4.47. The molecule has 0 unspecified atom stereocenters. The van der Waals surface area contributed by atoms with E-state index in [-0.39, 0.29) is 11.7 Å². The van der Waals surface area contributed by atoms with Crippen LogP contribution in [0.15, 0.2) is 48.7 Å². The first-order valence-corrected chi connectivity index (χ1v) is 8.67. The third-order valence-electron chi connectivity index (χ3n) is 3.39. The number of nitrogens with one attached hydrogen (secondary N) is 1. The Labute approximate surface area is 164 Å². The quantitative estimate of drug-likeness (QED) is 0.586. The molecule has 25 heavy (non-hydrogen) atoms. The molecule has 0 saturated heterocycles. The molecule has 1 N–H and O–H groups in total. The summed E-state index contributed by atoms with van der Waals surface area (Å²) in [4.78, 5) is 12.3. The number of hydrogen-bond acceptors (Lipinski definition) is 2. The van der Waals surface area contributed by atoms with Crippen LogP contribution >= 0.6 is 46.4 Å². The van der Waals surface area contributed by atoms with E-state index in [1.165, 1.54) is 6.07 Å². The summed E-state index contributed by atoms with van der Waals surface area (Å²) in [5.41, 5.74) is 1.36. The van der Waals surface area contributed by atoms with Crippen LogP contribution in [0.3, 0.4) is 0 Å². The molecule has 8 heteroatoms. The van der Waals surface area contributed by atoms with Crippen LogP contribution in [-0.2, 0) is 6.54 Å². The average molecular weight is 415 g/mol. The molecule has 0 fully saturated rings. The van der Waals surface area contributed by atoms with Gasteiger partial charge in [0.2, 0.25) is 0 Å². The fraction of sp³-hybridized carbons (Fsp3) is 0.0588. The molecule has 0 aliphatic rings. The predicted octanol–water partition coefficient (Wildman–Crippen LogP) is 5.80. The van der Waals surface area contributed by atoms with E-state index in [1.54, 1.807) is 35.1 Å². The van der Waals surface area contributed by atoms with Gasteiger partial charge >= 0.3 is 0 Å². The Morgan fingerprint density at radius 3 is 2.36 bits per heavy atom. The molecule has 128 valence electrons. The van der Waals surface area contributed by atoms with Crippen molar-refractivity contribution < 1.29 is 4.79 Å². The average Bonchev–Trinajstić information content (AvgIpc) is 2.91. The maximum Gasteiger partial charge on any atom is 0.256 e. The fourth-order valence-electron chi connectivity index (χ4n) is 2.16. The van der Waals surface area contributed by atoms with Gasteiger partial charge in [-0.25, -0.2) is 0 Å². The first-order valence-electron chi connectivity index (χ1n) is 7.16. The first-order chi connectivity index (χ1) is 11.9. The number of carbonyl (C=O) groups excluding carboxylic acids is 1. The number of halogens is 4. The number of nitrogens with zero attached hydrogens (tertiary/aromatic N) is 2. The summed E-state index contributed by atoms with van der Waals surface area (Å²) in [6.07, 6.45) is 1.64. The van der Waals surface area contributed by atoms with Crippen LogP contribution in [0.5, 0.6) is 0 Å². The van der Waals surface area contributed by atoms with Gasteiger partial charge in [-0.2, -0.15) is 5.10 Å². The van der Waals surface area contributed by atoms with Gasteiger partial charge in [0.25, 0.3) is 5.91 Å². The van der Waals surface area contributed by atoms with Gasteiger partial charge in [0.05, 0.1) is 16.6 Å². The molecule has 0 spiro atoms. The number of carbonyl (C=O) groups is 1. The van der Waals surface area contributed by atoms with Crippen LogP contribution in [0.2, 0.25) is 20.1 Å². The van der Waals surface area contributed by atoms with Crippen molar-refractivity contribution in [3.05, 3.63) is 79.9 Å². The van der Waals surface area contributed by atoms with Crippen molar-refractivity contribution >= 4 is 58.1 Å². The lowest BCUT2D eigenvalue weighted by atomic mass is 10.2. The van der Waals surface area contributed by atoms with Crippen molar-refractivity contribution in [2.75, 3.05) is 5.32 Å². The van der Waals surface area contributed by atoms with E-state index < -0.39 is 0 Å². The predicted molar refractivity (Wildman–Crippen MR) is 102 cm³/mol. The molecular formula is C17H11Cl4N3O. The second-order valence-corrected chi connectivity index (χ2v) is 6.89. The zero-order chi connectivity index (χ0) is 18.0. The summed E-state index contributed by atoms with van der Waals surface area (Å²) in [5, 5.41) is 8.63. The normalized spacial score (nSPS) is 10.7. The molecule has 4 nitrogen and oxygen atoms in total. The largest absolute Gasteiger partial charge is 0.304 e. The SMILES string of the molecule is O=C(Nc1nn(Cc2ccc(Cl)cc2)cc1Cl)c1ccc(Cl)c(Cl)c1. The van der Waals surface area contributed by atoms with E-state index in [2.05, 4.69) is 10.4 Å². The van der Waals surface area contributed by atoms with Crippen LogP contribution in [0.1, 0.15) is 15.9 Å². The summed E-state index contributed by atoms with van der Waals surface area (Å²) in [5.74, 6) is -0.107. The van der Waals surface area contributed by atoms with Gasteiger partial charge in [-0.3, -0.25) is 9.48 Å². The molecule has 1 aromatic heterocycles. The number of benzene rings is 2. The van der Waals surface area contributed by atoms with Gasteiger partial charge in [-0.15, -0.1) is 0 Å². The maximum atomic E-state index is 12.3.